The van der Waals surface area contributed by atoms with Gasteiger partial charge in [-0.3, -0.25) is 9.05 Å². The summed E-state index contributed by atoms with van der Waals surface area (Å²) in [7, 11) is -4.01. The molecular weight excluding hydrogens is 359 g/mol. The largest absolute Gasteiger partial charge is 0.472 e. The maximum absolute atomic E-state index is 12.7. The van der Waals surface area contributed by atoms with E-state index in [1.54, 1.807) is 0 Å². The van der Waals surface area contributed by atoms with Gasteiger partial charge in [-0.1, -0.05) is 105 Å². The Kier molecular flexibility index (Phi) is 17.1. The summed E-state index contributed by atoms with van der Waals surface area (Å²) in [5.41, 5.74) is -0.507. The molecule has 164 valence electrons. The second kappa shape index (κ2) is 17.0. The molecule has 0 radical (unpaired) electrons. The first-order chi connectivity index (χ1) is 12.9. The van der Waals surface area contributed by atoms with Crippen LogP contribution in [0.5, 0.6) is 0 Å². The lowest BCUT2D eigenvalue weighted by atomic mass is 9.85. The van der Waals surface area contributed by atoms with E-state index in [1.165, 1.54) is 12.8 Å². The average molecular weight is 407 g/mol. The van der Waals surface area contributed by atoms with Crippen molar-refractivity contribution in [2.24, 2.45) is 0 Å². The third kappa shape index (κ3) is 14.7. The normalized spacial score (nSPS) is 16.2. The number of phosphoric ester groups is 1. The first kappa shape index (κ1) is 27.1. The van der Waals surface area contributed by atoms with E-state index in [9.17, 15) is 9.46 Å². The molecule has 0 aromatic rings. The van der Waals surface area contributed by atoms with Crippen molar-refractivity contribution in [3.05, 3.63) is 0 Å². The SMILES string of the molecule is CCCCCCOP(=O)(O)OC(CCCC)(CCCCC)CCCCCC. The lowest BCUT2D eigenvalue weighted by molar-refractivity contribution is -0.00391. The number of rotatable bonds is 20. The van der Waals surface area contributed by atoms with Gasteiger partial charge in [0.1, 0.15) is 0 Å². The molecule has 5 heteroatoms. The van der Waals surface area contributed by atoms with Crippen LogP contribution in [0.4, 0.5) is 0 Å². The van der Waals surface area contributed by atoms with Gasteiger partial charge in [0.05, 0.1) is 12.2 Å². The molecule has 0 aliphatic rings. The number of phosphoric acid groups is 1. The molecule has 2 atom stereocenters. The van der Waals surface area contributed by atoms with Crippen LogP contribution in [0.3, 0.4) is 0 Å². The fourth-order valence-corrected chi connectivity index (χ4v) is 4.74. The van der Waals surface area contributed by atoms with Gasteiger partial charge in [0.15, 0.2) is 0 Å². The Bertz CT molecular complexity index is 375. The van der Waals surface area contributed by atoms with Crippen LogP contribution in [0.2, 0.25) is 0 Å². The van der Waals surface area contributed by atoms with Crippen molar-refractivity contribution in [3.8, 4) is 0 Å². The first-order valence-corrected chi connectivity index (χ1v) is 13.1. The molecule has 0 aliphatic heterocycles. The van der Waals surface area contributed by atoms with Gasteiger partial charge in [-0.05, 0) is 25.7 Å². The van der Waals surface area contributed by atoms with Crippen LogP contribution in [0, 0.1) is 0 Å². The third-order valence-corrected chi connectivity index (χ3v) is 6.40. The minimum Gasteiger partial charge on any atom is -0.302 e. The first-order valence-electron chi connectivity index (χ1n) is 11.6. The van der Waals surface area contributed by atoms with E-state index < -0.39 is 13.4 Å². The summed E-state index contributed by atoms with van der Waals surface area (Å²) in [6.45, 7) is 9.01. The Labute approximate surface area is 169 Å². The van der Waals surface area contributed by atoms with Crippen LogP contribution in [0.1, 0.15) is 130 Å². The summed E-state index contributed by atoms with van der Waals surface area (Å²) in [4.78, 5) is 10.4. The summed E-state index contributed by atoms with van der Waals surface area (Å²) in [5, 5.41) is 0. The molecule has 0 amide bonds. The van der Waals surface area contributed by atoms with Crippen LogP contribution in [0.15, 0.2) is 0 Å². The molecular formula is C22H47O4P. The van der Waals surface area contributed by atoms with E-state index in [0.29, 0.717) is 6.61 Å². The van der Waals surface area contributed by atoms with E-state index in [1.807, 2.05) is 0 Å². The van der Waals surface area contributed by atoms with Crippen LogP contribution in [-0.4, -0.2) is 17.1 Å². The molecule has 0 aromatic heterocycles. The quantitative estimate of drug-likeness (QED) is 0.164. The van der Waals surface area contributed by atoms with E-state index >= 15 is 0 Å². The Balaban J connectivity index is 4.92. The van der Waals surface area contributed by atoms with Gasteiger partial charge < -0.3 is 4.89 Å². The monoisotopic (exact) mass is 406 g/mol. The summed E-state index contributed by atoms with van der Waals surface area (Å²) in [6.07, 6.45) is 16.7. The van der Waals surface area contributed by atoms with E-state index in [0.717, 1.165) is 89.9 Å². The van der Waals surface area contributed by atoms with Gasteiger partial charge >= 0.3 is 7.82 Å². The van der Waals surface area contributed by atoms with Crippen molar-refractivity contribution in [2.45, 2.75) is 136 Å². The third-order valence-electron chi connectivity index (χ3n) is 5.27. The standard InChI is InChI=1S/C22H47O4P/c1-5-9-13-16-20-22(18-12-8-4,19-15-11-7-3)26-27(23,24)25-21-17-14-10-6-2/h5-21H2,1-4H3,(H,23,24). The zero-order chi connectivity index (χ0) is 20.4. The van der Waals surface area contributed by atoms with E-state index in [4.69, 9.17) is 9.05 Å². The van der Waals surface area contributed by atoms with Crippen LogP contribution < -0.4 is 0 Å². The van der Waals surface area contributed by atoms with Crippen molar-refractivity contribution in [3.63, 3.8) is 0 Å². The van der Waals surface area contributed by atoms with Gasteiger partial charge in [-0.2, -0.15) is 0 Å². The van der Waals surface area contributed by atoms with Gasteiger partial charge in [0, 0.05) is 0 Å². The van der Waals surface area contributed by atoms with Crippen LogP contribution in [-0.2, 0) is 13.6 Å². The highest BCUT2D eigenvalue weighted by Gasteiger charge is 2.38. The Hall–Kier alpha value is 0.110. The summed E-state index contributed by atoms with van der Waals surface area (Å²) >= 11 is 0. The molecule has 0 saturated carbocycles. The molecule has 0 aliphatic carbocycles. The van der Waals surface area contributed by atoms with Crippen molar-refractivity contribution < 1.29 is 18.5 Å². The molecule has 0 aromatic carbocycles. The van der Waals surface area contributed by atoms with Crippen molar-refractivity contribution in [1.82, 2.24) is 0 Å². The highest BCUT2D eigenvalue weighted by atomic mass is 31.2. The summed E-state index contributed by atoms with van der Waals surface area (Å²) in [5.74, 6) is 0. The lowest BCUT2D eigenvalue weighted by Gasteiger charge is -2.35. The van der Waals surface area contributed by atoms with Crippen molar-refractivity contribution in [2.75, 3.05) is 6.61 Å². The molecule has 2 unspecified atom stereocenters. The predicted octanol–water partition coefficient (Wildman–Crippen LogP) is 8.18. The molecule has 0 heterocycles. The number of hydrogen-bond donors (Lipinski definition) is 1. The number of hydrogen-bond acceptors (Lipinski definition) is 3. The molecule has 0 bridgehead atoms. The summed E-state index contributed by atoms with van der Waals surface area (Å²) in [6, 6.07) is 0. The maximum atomic E-state index is 12.7. The predicted molar refractivity (Wildman–Crippen MR) is 116 cm³/mol. The van der Waals surface area contributed by atoms with Gasteiger partial charge in [-0.25, -0.2) is 4.57 Å². The molecule has 1 N–H and O–H groups in total. The molecule has 0 saturated heterocycles. The topological polar surface area (TPSA) is 55.8 Å². The van der Waals surface area contributed by atoms with Crippen molar-refractivity contribution >= 4 is 7.82 Å². The molecule has 27 heavy (non-hydrogen) atoms. The van der Waals surface area contributed by atoms with Gasteiger partial charge in [0.2, 0.25) is 0 Å². The second-order valence-corrected chi connectivity index (χ2v) is 9.39. The van der Waals surface area contributed by atoms with Gasteiger partial charge in [-0.15, -0.1) is 0 Å². The Morgan fingerprint density at radius 2 is 1.11 bits per heavy atom. The molecule has 0 rings (SSSR count). The summed E-state index contributed by atoms with van der Waals surface area (Å²) < 4.78 is 23.9. The second-order valence-electron chi connectivity index (χ2n) is 8.01. The molecule has 0 fully saturated rings. The molecule has 4 nitrogen and oxygen atoms in total. The molecule has 0 spiro atoms. The van der Waals surface area contributed by atoms with Crippen molar-refractivity contribution in [1.29, 1.82) is 0 Å². The van der Waals surface area contributed by atoms with E-state index in [-0.39, 0.29) is 0 Å². The maximum Gasteiger partial charge on any atom is 0.472 e. The zero-order valence-electron chi connectivity index (χ0n) is 18.6. The zero-order valence-corrected chi connectivity index (χ0v) is 19.5. The fraction of sp³-hybridized carbons (Fsp3) is 1.00. The minimum absolute atomic E-state index is 0.308. The fourth-order valence-electron chi connectivity index (χ4n) is 3.56. The highest BCUT2D eigenvalue weighted by Crippen LogP contribution is 2.51. The number of unbranched alkanes of at least 4 members (excludes halogenated alkanes) is 9. The highest BCUT2D eigenvalue weighted by molar-refractivity contribution is 7.47. The Morgan fingerprint density at radius 1 is 0.667 bits per heavy atom. The Morgan fingerprint density at radius 3 is 1.67 bits per heavy atom. The lowest BCUT2D eigenvalue weighted by Crippen LogP contribution is -2.32. The van der Waals surface area contributed by atoms with Crippen LogP contribution in [0.25, 0.3) is 0 Å². The minimum atomic E-state index is -4.01. The smallest absolute Gasteiger partial charge is 0.302 e. The van der Waals surface area contributed by atoms with E-state index in [2.05, 4.69) is 27.7 Å². The van der Waals surface area contributed by atoms with Crippen LogP contribution >= 0.6 is 7.82 Å². The average Bonchev–Trinajstić information content (AvgIpc) is 2.63. The van der Waals surface area contributed by atoms with Gasteiger partial charge in [0.25, 0.3) is 0 Å².